The number of carbonyl (C=O) groups is 2. The molecule has 0 fully saturated rings. The van der Waals surface area contributed by atoms with Gasteiger partial charge in [-0.25, -0.2) is 4.57 Å². The van der Waals surface area contributed by atoms with Crippen molar-refractivity contribution >= 4 is 19.8 Å². The molecule has 0 aliphatic carbocycles. The second kappa shape index (κ2) is 41.2. The van der Waals surface area contributed by atoms with Crippen molar-refractivity contribution < 1.29 is 37.6 Å². The van der Waals surface area contributed by atoms with Crippen LogP contribution in [0.4, 0.5) is 0 Å². The molecule has 0 amide bonds. The van der Waals surface area contributed by atoms with Crippen LogP contribution < -0.4 is 0 Å². The Morgan fingerprint density at radius 2 is 0.818 bits per heavy atom. The number of unbranched alkanes of at least 4 members (excludes halogenated alkanes) is 30. The Hall–Kier alpha value is -0.990. The molecular weight excluding hydrogens is 713 g/mol. The normalized spacial score (nSPS) is 13.3. The summed E-state index contributed by atoms with van der Waals surface area (Å²) in [6.07, 6.45) is 40.1. The lowest BCUT2D eigenvalue weighted by molar-refractivity contribution is -0.161. The highest BCUT2D eigenvalue weighted by Gasteiger charge is 2.26. The standard InChI is InChI=1S/C45H90NO8P/c1-5-7-9-11-13-15-17-18-19-20-21-22-23-24-25-26-28-29-31-33-35-37-44(47)51-41-43(42-53-55(49,50)52-40-39-46(3)4)54-45(48)38-36-34-32-30-27-16-14-12-10-8-6-2/h43H,5-42H2,1-4H3,(H,49,50). The van der Waals surface area contributed by atoms with Gasteiger partial charge in [0.05, 0.1) is 13.2 Å². The number of phosphoric acid groups is 1. The lowest BCUT2D eigenvalue weighted by Crippen LogP contribution is -2.29. The Kier molecular flexibility index (Phi) is 40.4. The number of hydrogen-bond acceptors (Lipinski definition) is 8. The molecule has 2 unspecified atom stereocenters. The number of likely N-dealkylation sites (N-methyl/N-ethyl adjacent to an activating group) is 1. The van der Waals surface area contributed by atoms with E-state index in [1.54, 1.807) is 0 Å². The molecule has 0 aromatic rings. The van der Waals surface area contributed by atoms with E-state index in [4.69, 9.17) is 18.5 Å². The summed E-state index contributed by atoms with van der Waals surface area (Å²) in [4.78, 5) is 37.0. The maximum Gasteiger partial charge on any atom is 0.472 e. The second-order valence-electron chi connectivity index (χ2n) is 16.3. The van der Waals surface area contributed by atoms with E-state index in [2.05, 4.69) is 13.8 Å². The first kappa shape index (κ1) is 54.0. The highest BCUT2D eigenvalue weighted by Crippen LogP contribution is 2.43. The summed E-state index contributed by atoms with van der Waals surface area (Å²) in [6.45, 7) is 4.36. The van der Waals surface area contributed by atoms with E-state index >= 15 is 0 Å². The average Bonchev–Trinajstić information content (AvgIpc) is 3.15. The molecule has 2 atom stereocenters. The van der Waals surface area contributed by atoms with Gasteiger partial charge in [0.15, 0.2) is 6.10 Å². The van der Waals surface area contributed by atoms with Crippen LogP contribution in [0.1, 0.15) is 232 Å². The van der Waals surface area contributed by atoms with Gasteiger partial charge in [-0.15, -0.1) is 0 Å². The zero-order valence-corrected chi connectivity index (χ0v) is 37.5. The minimum absolute atomic E-state index is 0.0125. The minimum Gasteiger partial charge on any atom is -0.462 e. The summed E-state index contributed by atoms with van der Waals surface area (Å²) in [5.41, 5.74) is 0. The third kappa shape index (κ3) is 42.4. The number of carbonyl (C=O) groups excluding carboxylic acids is 2. The number of rotatable bonds is 44. The first-order chi connectivity index (χ1) is 26.7. The summed E-state index contributed by atoms with van der Waals surface area (Å²) in [5, 5.41) is 0. The summed E-state index contributed by atoms with van der Waals surface area (Å²) in [5.74, 6) is -0.787. The maximum absolute atomic E-state index is 12.6. The van der Waals surface area contributed by atoms with Gasteiger partial charge in [-0.1, -0.05) is 206 Å². The Morgan fingerprint density at radius 1 is 0.491 bits per heavy atom. The first-order valence-electron chi connectivity index (χ1n) is 23.3. The average molecular weight is 804 g/mol. The molecule has 0 heterocycles. The molecule has 0 rings (SSSR count). The van der Waals surface area contributed by atoms with Crippen molar-refractivity contribution in [3.05, 3.63) is 0 Å². The Labute approximate surface area is 340 Å². The zero-order chi connectivity index (χ0) is 40.5. The van der Waals surface area contributed by atoms with E-state index in [-0.39, 0.29) is 25.6 Å². The van der Waals surface area contributed by atoms with Gasteiger partial charge in [0, 0.05) is 19.4 Å². The van der Waals surface area contributed by atoms with E-state index < -0.39 is 26.5 Å². The third-order valence-corrected chi connectivity index (χ3v) is 11.4. The molecule has 0 saturated carbocycles. The number of esters is 2. The molecule has 10 heteroatoms. The van der Waals surface area contributed by atoms with Crippen molar-refractivity contribution in [1.82, 2.24) is 4.90 Å². The smallest absolute Gasteiger partial charge is 0.462 e. The van der Waals surface area contributed by atoms with Crippen molar-refractivity contribution in [2.24, 2.45) is 0 Å². The van der Waals surface area contributed by atoms with Crippen LogP contribution in [0.3, 0.4) is 0 Å². The van der Waals surface area contributed by atoms with Crippen LogP contribution in [0.5, 0.6) is 0 Å². The lowest BCUT2D eigenvalue weighted by Gasteiger charge is -2.20. The molecule has 0 aliphatic rings. The molecule has 0 saturated heterocycles. The van der Waals surface area contributed by atoms with E-state index in [1.807, 2.05) is 19.0 Å². The number of ether oxygens (including phenoxy) is 2. The SMILES string of the molecule is CCCCCCCCCCCCCCCCCCCCCCCC(=O)OCC(COP(=O)(O)OCCN(C)C)OC(=O)CCCCCCCCCCCCC. The van der Waals surface area contributed by atoms with Crippen LogP contribution in [0, 0.1) is 0 Å². The Bertz CT molecular complexity index is 889. The van der Waals surface area contributed by atoms with Gasteiger partial charge < -0.3 is 19.3 Å². The number of hydrogen-bond donors (Lipinski definition) is 1. The molecular formula is C45H90NO8P. The maximum atomic E-state index is 12.6. The van der Waals surface area contributed by atoms with E-state index in [0.29, 0.717) is 19.4 Å². The largest absolute Gasteiger partial charge is 0.472 e. The van der Waals surface area contributed by atoms with E-state index in [0.717, 1.165) is 32.1 Å². The van der Waals surface area contributed by atoms with Crippen molar-refractivity contribution in [2.45, 2.75) is 238 Å². The van der Waals surface area contributed by atoms with E-state index in [1.165, 1.54) is 167 Å². The Morgan fingerprint density at radius 3 is 1.16 bits per heavy atom. The minimum atomic E-state index is -4.35. The third-order valence-electron chi connectivity index (χ3n) is 10.4. The fourth-order valence-electron chi connectivity index (χ4n) is 6.81. The van der Waals surface area contributed by atoms with Crippen LogP contribution in [-0.4, -0.2) is 68.3 Å². The van der Waals surface area contributed by atoms with Crippen molar-refractivity contribution in [1.29, 1.82) is 0 Å². The predicted molar refractivity (Wildman–Crippen MR) is 229 cm³/mol. The van der Waals surface area contributed by atoms with Gasteiger partial charge in [-0.3, -0.25) is 18.6 Å². The fraction of sp³-hybridized carbons (Fsp3) is 0.956. The van der Waals surface area contributed by atoms with Crippen LogP contribution >= 0.6 is 7.82 Å². The molecule has 0 aromatic heterocycles. The first-order valence-corrected chi connectivity index (χ1v) is 24.8. The highest BCUT2D eigenvalue weighted by atomic mass is 31.2. The predicted octanol–water partition coefficient (Wildman–Crippen LogP) is 13.4. The van der Waals surface area contributed by atoms with Gasteiger partial charge in [0.1, 0.15) is 6.61 Å². The zero-order valence-electron chi connectivity index (χ0n) is 36.6. The molecule has 0 spiro atoms. The van der Waals surface area contributed by atoms with E-state index in [9.17, 15) is 19.0 Å². The van der Waals surface area contributed by atoms with Crippen molar-refractivity contribution in [3.63, 3.8) is 0 Å². The van der Waals surface area contributed by atoms with Gasteiger partial charge in [-0.05, 0) is 26.9 Å². The van der Waals surface area contributed by atoms with Crippen LogP contribution in [0.25, 0.3) is 0 Å². The summed E-state index contributed by atoms with van der Waals surface area (Å²) in [6, 6.07) is 0. The second-order valence-corrected chi connectivity index (χ2v) is 17.8. The molecule has 1 N–H and O–H groups in total. The fourth-order valence-corrected chi connectivity index (χ4v) is 7.55. The number of nitrogens with zero attached hydrogens (tertiary/aromatic N) is 1. The van der Waals surface area contributed by atoms with Crippen LogP contribution in [0.2, 0.25) is 0 Å². The van der Waals surface area contributed by atoms with Crippen molar-refractivity contribution in [2.75, 3.05) is 40.5 Å². The van der Waals surface area contributed by atoms with Gasteiger partial charge in [0.2, 0.25) is 0 Å². The van der Waals surface area contributed by atoms with Gasteiger partial charge in [-0.2, -0.15) is 0 Å². The summed E-state index contributed by atoms with van der Waals surface area (Å²) >= 11 is 0. The topological polar surface area (TPSA) is 112 Å². The monoisotopic (exact) mass is 804 g/mol. The van der Waals surface area contributed by atoms with Crippen molar-refractivity contribution in [3.8, 4) is 0 Å². The van der Waals surface area contributed by atoms with Crippen LogP contribution in [-0.2, 0) is 32.7 Å². The Balaban J connectivity index is 4.10. The quantitative estimate of drug-likeness (QED) is 0.0365. The highest BCUT2D eigenvalue weighted by molar-refractivity contribution is 7.47. The number of phosphoric ester groups is 1. The summed E-state index contributed by atoms with van der Waals surface area (Å²) < 4.78 is 33.5. The van der Waals surface area contributed by atoms with Crippen LogP contribution in [0.15, 0.2) is 0 Å². The lowest BCUT2D eigenvalue weighted by atomic mass is 10.0. The van der Waals surface area contributed by atoms with Gasteiger partial charge >= 0.3 is 19.8 Å². The molecule has 0 bridgehead atoms. The molecule has 55 heavy (non-hydrogen) atoms. The molecule has 0 aliphatic heterocycles. The summed E-state index contributed by atoms with van der Waals surface area (Å²) in [7, 11) is -0.696. The molecule has 9 nitrogen and oxygen atoms in total. The molecule has 0 aromatic carbocycles. The molecule has 328 valence electrons. The van der Waals surface area contributed by atoms with Gasteiger partial charge in [0.25, 0.3) is 0 Å². The molecule has 0 radical (unpaired) electrons.